The summed E-state index contributed by atoms with van der Waals surface area (Å²) in [5.74, 6) is 1.04. The number of halogens is 2. The Hall–Kier alpha value is -2.13. The van der Waals surface area contributed by atoms with Crippen molar-refractivity contribution in [2.45, 2.75) is 68.7 Å². The number of carbonyl (C=O) groups excluding carboxylic acids is 2. The molecule has 2 fully saturated rings. The van der Waals surface area contributed by atoms with Crippen LogP contribution in [-0.4, -0.2) is 117 Å². The molecule has 0 radical (unpaired) electrons. The van der Waals surface area contributed by atoms with Gasteiger partial charge in [-0.3, -0.25) is 14.5 Å². The van der Waals surface area contributed by atoms with Crippen LogP contribution >= 0.6 is 35.0 Å². The molecule has 14 heteroatoms. The number of para-hydroxylation sites is 2. The largest absolute Gasteiger partial charge is 0.394 e. The van der Waals surface area contributed by atoms with Crippen molar-refractivity contribution in [3.05, 3.63) is 57.6 Å². The lowest BCUT2D eigenvalue weighted by Crippen LogP contribution is -2.52. The maximum absolute atomic E-state index is 13.9. The molecule has 5 atom stereocenters. The number of nitrogens with one attached hydrogen (secondary N) is 1. The second kappa shape index (κ2) is 15.2. The van der Waals surface area contributed by atoms with E-state index < -0.39 is 36.9 Å². The Morgan fingerprint density at radius 3 is 2.33 bits per heavy atom. The third-order valence-corrected chi connectivity index (χ3v) is 10.4. The SMILES string of the molecule is O=C(CCc1cc(Cl)c(CN2CSC[C@H]2C(=O)N2CCN(C3CC3)c3ccccc32)cc1Cl)NC[C@H](O)[C@@H](O)[C@@H](O)[C@H](O)CO. The van der Waals surface area contributed by atoms with E-state index in [1.807, 2.05) is 23.1 Å². The van der Waals surface area contributed by atoms with Crippen molar-refractivity contribution < 1.29 is 35.1 Å². The maximum atomic E-state index is 13.9. The number of hydrogen-bond donors (Lipinski definition) is 6. The van der Waals surface area contributed by atoms with Gasteiger partial charge in [-0.25, -0.2) is 0 Å². The van der Waals surface area contributed by atoms with Crippen LogP contribution < -0.4 is 15.1 Å². The Bertz CT molecular complexity index is 1370. The fourth-order valence-corrected chi connectivity index (χ4v) is 7.53. The fraction of sp³-hybridized carbons (Fsp3) is 0.548. The Morgan fingerprint density at radius 1 is 0.956 bits per heavy atom. The molecule has 1 aliphatic carbocycles. The normalized spacial score (nSPS) is 21.3. The van der Waals surface area contributed by atoms with E-state index in [9.17, 15) is 30.0 Å². The van der Waals surface area contributed by atoms with E-state index in [0.717, 1.165) is 23.5 Å². The van der Waals surface area contributed by atoms with Crippen LogP contribution in [0.4, 0.5) is 11.4 Å². The number of anilines is 2. The number of nitrogens with zero attached hydrogens (tertiary/aromatic N) is 3. The summed E-state index contributed by atoms with van der Waals surface area (Å²) >= 11 is 15.0. The number of fused-ring (bicyclic) bond motifs is 1. The molecule has 2 heterocycles. The first-order chi connectivity index (χ1) is 21.6. The Morgan fingerprint density at radius 2 is 1.62 bits per heavy atom. The van der Waals surface area contributed by atoms with Gasteiger partial charge in [0.2, 0.25) is 11.8 Å². The van der Waals surface area contributed by atoms with E-state index in [0.29, 0.717) is 46.4 Å². The number of benzene rings is 2. The van der Waals surface area contributed by atoms with Gasteiger partial charge in [0.1, 0.15) is 18.3 Å². The van der Waals surface area contributed by atoms with E-state index in [2.05, 4.69) is 21.2 Å². The zero-order valence-corrected chi connectivity index (χ0v) is 27.1. The summed E-state index contributed by atoms with van der Waals surface area (Å²) in [5.41, 5.74) is 3.54. The van der Waals surface area contributed by atoms with Crippen molar-refractivity contribution in [1.29, 1.82) is 0 Å². The van der Waals surface area contributed by atoms with E-state index in [4.69, 9.17) is 28.3 Å². The van der Waals surface area contributed by atoms with Gasteiger partial charge in [0, 0.05) is 60.3 Å². The van der Waals surface area contributed by atoms with Crippen LogP contribution in [0.15, 0.2) is 36.4 Å². The monoisotopic (exact) mass is 682 g/mol. The number of thioether (sulfide) groups is 1. The lowest BCUT2D eigenvalue weighted by molar-refractivity contribution is -0.126. The number of aliphatic hydroxyl groups excluding tert-OH is 5. The summed E-state index contributed by atoms with van der Waals surface area (Å²) in [6.45, 7) is 0.781. The average Bonchev–Trinajstić information content (AvgIpc) is 3.79. The number of hydrogen-bond acceptors (Lipinski definition) is 10. The standard InChI is InChI=1S/C31H40Cl2N4O7S/c32-21-12-19(22(33)11-18(21)5-8-28(41)34-13-26(39)29(42)30(43)27(40)15-38)14-35-17-45-16-25(35)31(44)37-10-9-36(20-6-7-20)23-3-1-2-4-24(23)37/h1-4,11-12,20,25-27,29-30,38-40,42-43H,5-10,13-17H2,(H,34,41)/t25-,26-,27+,29+,30-/m0/s1. The zero-order chi connectivity index (χ0) is 32.2. The number of aryl methyl sites for hydroxylation is 1. The van der Waals surface area contributed by atoms with Gasteiger partial charge in [-0.15, -0.1) is 11.8 Å². The van der Waals surface area contributed by atoms with Gasteiger partial charge in [0.25, 0.3) is 0 Å². The molecule has 0 unspecified atom stereocenters. The van der Waals surface area contributed by atoms with Crippen molar-refractivity contribution in [2.24, 2.45) is 0 Å². The second-order valence-electron chi connectivity index (χ2n) is 11.8. The smallest absolute Gasteiger partial charge is 0.245 e. The fourth-order valence-electron chi connectivity index (χ4n) is 5.82. The van der Waals surface area contributed by atoms with Crippen LogP contribution in [-0.2, 0) is 22.6 Å². The van der Waals surface area contributed by atoms with E-state index >= 15 is 0 Å². The van der Waals surface area contributed by atoms with Crippen molar-refractivity contribution >= 4 is 58.2 Å². The molecule has 0 bridgehead atoms. The molecule has 2 aromatic rings. The first-order valence-corrected chi connectivity index (χ1v) is 17.1. The summed E-state index contributed by atoms with van der Waals surface area (Å²) < 4.78 is 0. The molecule has 5 rings (SSSR count). The Kier molecular flexibility index (Phi) is 11.5. The van der Waals surface area contributed by atoms with Gasteiger partial charge >= 0.3 is 0 Å². The highest BCUT2D eigenvalue weighted by Crippen LogP contribution is 2.41. The lowest BCUT2D eigenvalue weighted by Gasteiger charge is -2.39. The molecular formula is C31H40Cl2N4O7S. The molecule has 2 amide bonds. The van der Waals surface area contributed by atoms with Gasteiger partial charge in [0.05, 0.1) is 30.1 Å². The third-order valence-electron chi connectivity index (χ3n) is 8.60. The number of rotatable bonds is 13. The molecule has 2 aliphatic heterocycles. The average molecular weight is 684 g/mol. The van der Waals surface area contributed by atoms with E-state index in [-0.39, 0.29) is 31.3 Å². The molecule has 1 saturated heterocycles. The summed E-state index contributed by atoms with van der Waals surface area (Å²) in [5, 5.41) is 51.3. The van der Waals surface area contributed by atoms with Crippen LogP contribution in [0.2, 0.25) is 10.0 Å². The lowest BCUT2D eigenvalue weighted by atomic mass is 10.0. The highest BCUT2D eigenvalue weighted by atomic mass is 35.5. The van der Waals surface area contributed by atoms with Gasteiger partial charge in [-0.05, 0) is 54.7 Å². The van der Waals surface area contributed by atoms with Crippen molar-refractivity contribution in [1.82, 2.24) is 10.2 Å². The summed E-state index contributed by atoms with van der Waals surface area (Å²) in [6.07, 6.45) is -4.02. The molecule has 1 saturated carbocycles. The minimum atomic E-state index is -1.77. The second-order valence-corrected chi connectivity index (χ2v) is 13.6. The highest BCUT2D eigenvalue weighted by molar-refractivity contribution is 7.99. The van der Waals surface area contributed by atoms with Crippen LogP contribution in [0.5, 0.6) is 0 Å². The topological polar surface area (TPSA) is 157 Å². The summed E-state index contributed by atoms with van der Waals surface area (Å²) in [6, 6.07) is 11.9. The number of carbonyl (C=O) groups is 2. The molecule has 3 aliphatic rings. The van der Waals surface area contributed by atoms with E-state index in [1.54, 1.807) is 23.9 Å². The van der Waals surface area contributed by atoms with Crippen LogP contribution in [0.1, 0.15) is 30.4 Å². The highest BCUT2D eigenvalue weighted by Gasteiger charge is 2.40. The number of amides is 2. The molecule has 0 spiro atoms. The predicted molar refractivity (Wildman–Crippen MR) is 175 cm³/mol. The first-order valence-electron chi connectivity index (χ1n) is 15.1. The van der Waals surface area contributed by atoms with Gasteiger partial charge in [-0.2, -0.15) is 0 Å². The first kappa shape index (κ1) is 34.2. The van der Waals surface area contributed by atoms with Crippen LogP contribution in [0, 0.1) is 0 Å². The molecule has 0 aromatic heterocycles. The Balaban J connectivity index is 1.16. The van der Waals surface area contributed by atoms with Gasteiger partial charge in [-0.1, -0.05) is 35.3 Å². The minimum Gasteiger partial charge on any atom is -0.394 e. The third kappa shape index (κ3) is 8.06. The molecule has 45 heavy (non-hydrogen) atoms. The summed E-state index contributed by atoms with van der Waals surface area (Å²) in [7, 11) is 0. The Labute approximate surface area is 276 Å². The molecular weight excluding hydrogens is 643 g/mol. The van der Waals surface area contributed by atoms with Crippen molar-refractivity contribution in [3.63, 3.8) is 0 Å². The zero-order valence-electron chi connectivity index (χ0n) is 24.8. The molecule has 2 aromatic carbocycles. The predicted octanol–water partition coefficient (Wildman–Crippen LogP) is 1.37. The maximum Gasteiger partial charge on any atom is 0.245 e. The van der Waals surface area contributed by atoms with Gasteiger partial charge < -0.3 is 40.6 Å². The summed E-state index contributed by atoms with van der Waals surface area (Å²) in [4.78, 5) is 32.8. The molecule has 6 N–H and O–H groups in total. The van der Waals surface area contributed by atoms with Crippen molar-refractivity contribution in [3.8, 4) is 0 Å². The minimum absolute atomic E-state index is 0.0227. The molecule has 246 valence electrons. The van der Waals surface area contributed by atoms with Crippen LogP contribution in [0.25, 0.3) is 0 Å². The van der Waals surface area contributed by atoms with Gasteiger partial charge in [0.15, 0.2) is 0 Å². The van der Waals surface area contributed by atoms with Crippen LogP contribution in [0.3, 0.4) is 0 Å². The number of aliphatic hydroxyl groups is 5. The van der Waals surface area contributed by atoms with E-state index in [1.165, 1.54) is 12.8 Å². The molecule has 11 nitrogen and oxygen atoms in total. The van der Waals surface area contributed by atoms with Crippen molar-refractivity contribution in [2.75, 3.05) is 47.7 Å². The quantitative estimate of drug-likeness (QED) is 0.182.